The van der Waals surface area contributed by atoms with Crippen LogP contribution < -0.4 is 10.1 Å². The minimum atomic E-state index is -0.494. The third kappa shape index (κ3) is 2.64. The van der Waals surface area contributed by atoms with Gasteiger partial charge >= 0.3 is 0 Å². The van der Waals surface area contributed by atoms with E-state index in [9.17, 15) is 9.59 Å². The molecular formula is C15H17BrN2O3. The number of hydrogen-bond donors (Lipinski definition) is 1. The molecule has 1 N–H and O–H groups in total. The molecule has 2 amide bonds. The maximum absolute atomic E-state index is 12.4. The first kappa shape index (κ1) is 14.4. The van der Waals surface area contributed by atoms with Crippen LogP contribution in [-0.2, 0) is 9.59 Å². The van der Waals surface area contributed by atoms with Gasteiger partial charge in [-0.1, -0.05) is 15.9 Å². The van der Waals surface area contributed by atoms with Crippen LogP contribution >= 0.6 is 15.9 Å². The van der Waals surface area contributed by atoms with E-state index in [4.69, 9.17) is 4.74 Å². The number of benzene rings is 1. The van der Waals surface area contributed by atoms with Gasteiger partial charge < -0.3 is 10.1 Å². The monoisotopic (exact) mass is 352 g/mol. The molecule has 3 rings (SSSR count). The molecule has 2 aliphatic rings. The summed E-state index contributed by atoms with van der Waals surface area (Å²) in [5, 5.41) is 3.19. The number of nitrogens with zero attached hydrogens (tertiary/aromatic N) is 1. The molecule has 112 valence electrons. The van der Waals surface area contributed by atoms with Crippen molar-refractivity contribution in [3.05, 3.63) is 22.2 Å². The highest BCUT2D eigenvalue weighted by molar-refractivity contribution is 9.10. The van der Waals surface area contributed by atoms with Gasteiger partial charge in [0, 0.05) is 10.5 Å². The first-order valence-corrected chi connectivity index (χ1v) is 7.77. The molecule has 6 heteroatoms. The Morgan fingerprint density at radius 2 is 2.05 bits per heavy atom. The number of halogens is 1. The highest BCUT2D eigenvalue weighted by atomic mass is 79.9. The van der Waals surface area contributed by atoms with Crippen molar-refractivity contribution < 1.29 is 14.3 Å². The zero-order chi connectivity index (χ0) is 15.1. The molecule has 21 heavy (non-hydrogen) atoms. The number of methoxy groups -OCH3 is 1. The summed E-state index contributed by atoms with van der Waals surface area (Å²) >= 11 is 3.42. The molecule has 1 aromatic carbocycles. The van der Waals surface area contributed by atoms with Crippen molar-refractivity contribution in [3.63, 3.8) is 0 Å². The average Bonchev–Trinajstić information content (AvgIpc) is 3.20. The molecule has 1 aromatic rings. The van der Waals surface area contributed by atoms with Crippen molar-refractivity contribution in [2.45, 2.75) is 38.3 Å². The molecule has 1 atom stereocenters. The number of rotatable bonds is 4. The zero-order valence-electron chi connectivity index (χ0n) is 12.0. The highest BCUT2D eigenvalue weighted by Crippen LogP contribution is 2.36. The largest absolute Gasteiger partial charge is 0.495 e. The Kier molecular flexibility index (Phi) is 3.65. The number of nitrogens with one attached hydrogen (secondary N) is 1. The lowest BCUT2D eigenvalue weighted by molar-refractivity contribution is -0.139. The second-order valence-corrected chi connectivity index (χ2v) is 6.45. The van der Waals surface area contributed by atoms with Crippen LogP contribution in [0.4, 0.5) is 5.69 Å². The van der Waals surface area contributed by atoms with Gasteiger partial charge in [0.1, 0.15) is 11.8 Å². The first-order chi connectivity index (χ1) is 10.0. The minimum Gasteiger partial charge on any atom is -0.495 e. The van der Waals surface area contributed by atoms with E-state index in [1.807, 2.05) is 19.1 Å². The van der Waals surface area contributed by atoms with Crippen molar-refractivity contribution in [2.24, 2.45) is 0 Å². The van der Waals surface area contributed by atoms with Crippen LogP contribution in [0.2, 0.25) is 0 Å². The summed E-state index contributed by atoms with van der Waals surface area (Å²) < 4.78 is 6.28. The third-order valence-electron chi connectivity index (χ3n) is 3.90. The van der Waals surface area contributed by atoms with Crippen LogP contribution in [0.15, 0.2) is 16.6 Å². The van der Waals surface area contributed by atoms with Crippen molar-refractivity contribution in [2.75, 3.05) is 12.4 Å². The van der Waals surface area contributed by atoms with Gasteiger partial charge in [-0.05, 0) is 37.5 Å². The Balaban J connectivity index is 1.84. The molecule has 1 aliphatic heterocycles. The fourth-order valence-electron chi connectivity index (χ4n) is 2.71. The SMILES string of the molecule is COc1cc(Br)cc(C)c1NC1CC(=O)N(C2CC2)C1=O. The summed E-state index contributed by atoms with van der Waals surface area (Å²) in [5.41, 5.74) is 1.73. The highest BCUT2D eigenvalue weighted by Gasteiger charge is 2.46. The Morgan fingerprint density at radius 1 is 1.33 bits per heavy atom. The number of hydrogen-bond acceptors (Lipinski definition) is 4. The number of carbonyl (C=O) groups excluding carboxylic acids is 2. The van der Waals surface area contributed by atoms with E-state index in [1.54, 1.807) is 7.11 Å². The van der Waals surface area contributed by atoms with E-state index in [0.717, 1.165) is 28.6 Å². The molecule has 2 fully saturated rings. The molecule has 1 aliphatic carbocycles. The second-order valence-electron chi connectivity index (χ2n) is 5.53. The van der Waals surface area contributed by atoms with E-state index in [2.05, 4.69) is 21.2 Å². The standard InChI is InChI=1S/C15H17BrN2O3/c1-8-5-9(16)6-12(21-2)14(8)17-11-7-13(19)18(15(11)20)10-3-4-10/h5-6,10-11,17H,3-4,7H2,1-2H3. The quantitative estimate of drug-likeness (QED) is 0.845. The van der Waals surface area contributed by atoms with Crippen LogP contribution in [0.3, 0.4) is 0 Å². The summed E-state index contributed by atoms with van der Waals surface area (Å²) in [7, 11) is 1.59. The molecule has 0 spiro atoms. The molecular weight excluding hydrogens is 336 g/mol. The summed E-state index contributed by atoms with van der Waals surface area (Å²) in [6.07, 6.45) is 2.09. The van der Waals surface area contributed by atoms with E-state index in [1.165, 1.54) is 4.90 Å². The van der Waals surface area contributed by atoms with Crippen molar-refractivity contribution in [1.82, 2.24) is 4.90 Å². The van der Waals surface area contributed by atoms with Gasteiger partial charge in [0.2, 0.25) is 5.91 Å². The van der Waals surface area contributed by atoms with Gasteiger partial charge in [-0.2, -0.15) is 0 Å². The molecule has 0 aromatic heterocycles. The second kappa shape index (κ2) is 5.33. The van der Waals surface area contributed by atoms with Crippen LogP contribution in [0.5, 0.6) is 5.75 Å². The Labute approximate surface area is 131 Å². The van der Waals surface area contributed by atoms with Crippen LogP contribution in [-0.4, -0.2) is 35.9 Å². The Morgan fingerprint density at radius 3 is 2.67 bits per heavy atom. The third-order valence-corrected chi connectivity index (χ3v) is 4.36. The number of anilines is 1. The lowest BCUT2D eigenvalue weighted by Gasteiger charge is -2.19. The van der Waals surface area contributed by atoms with Gasteiger partial charge in [0.05, 0.1) is 19.2 Å². The molecule has 1 saturated carbocycles. The van der Waals surface area contributed by atoms with Gasteiger partial charge in [-0.25, -0.2) is 0 Å². The maximum Gasteiger partial charge on any atom is 0.252 e. The number of amides is 2. The fraction of sp³-hybridized carbons (Fsp3) is 0.467. The van der Waals surface area contributed by atoms with Crippen LogP contribution in [0, 0.1) is 6.92 Å². The van der Waals surface area contributed by atoms with Gasteiger partial charge in [0.25, 0.3) is 5.91 Å². The van der Waals surface area contributed by atoms with Crippen LogP contribution in [0.1, 0.15) is 24.8 Å². The van der Waals surface area contributed by atoms with E-state index in [-0.39, 0.29) is 24.3 Å². The van der Waals surface area contributed by atoms with Crippen molar-refractivity contribution in [1.29, 1.82) is 0 Å². The smallest absolute Gasteiger partial charge is 0.252 e. The lowest BCUT2D eigenvalue weighted by Crippen LogP contribution is -2.36. The number of likely N-dealkylation sites (tertiary alicyclic amines) is 1. The predicted octanol–water partition coefficient (Wildman–Crippen LogP) is 2.47. The topological polar surface area (TPSA) is 58.6 Å². The number of carbonyl (C=O) groups is 2. The van der Waals surface area contributed by atoms with Gasteiger partial charge in [-0.15, -0.1) is 0 Å². The number of imide groups is 1. The molecule has 1 unspecified atom stereocenters. The first-order valence-electron chi connectivity index (χ1n) is 6.98. The summed E-state index contributed by atoms with van der Waals surface area (Å²) in [5.74, 6) is 0.465. The Bertz CT molecular complexity index is 613. The van der Waals surface area contributed by atoms with Crippen molar-refractivity contribution >= 4 is 33.4 Å². The normalized spacial score (nSPS) is 21.9. The summed E-state index contributed by atoms with van der Waals surface area (Å²) in [6.45, 7) is 1.94. The summed E-state index contributed by atoms with van der Waals surface area (Å²) in [6, 6.07) is 3.43. The molecule has 0 radical (unpaired) electrons. The molecule has 1 saturated heterocycles. The predicted molar refractivity (Wildman–Crippen MR) is 82.3 cm³/mol. The summed E-state index contributed by atoms with van der Waals surface area (Å²) in [4.78, 5) is 25.8. The number of ether oxygens (including phenoxy) is 1. The fourth-order valence-corrected chi connectivity index (χ4v) is 3.26. The van der Waals surface area contributed by atoms with E-state index >= 15 is 0 Å². The molecule has 0 bridgehead atoms. The Hall–Kier alpha value is -1.56. The minimum absolute atomic E-state index is 0.0752. The van der Waals surface area contributed by atoms with Gasteiger partial charge in [0.15, 0.2) is 0 Å². The van der Waals surface area contributed by atoms with E-state index in [0.29, 0.717) is 5.75 Å². The lowest BCUT2D eigenvalue weighted by atomic mass is 10.1. The van der Waals surface area contributed by atoms with Crippen LogP contribution in [0.25, 0.3) is 0 Å². The zero-order valence-corrected chi connectivity index (χ0v) is 13.6. The van der Waals surface area contributed by atoms with E-state index < -0.39 is 6.04 Å². The molecule has 1 heterocycles. The van der Waals surface area contributed by atoms with Gasteiger partial charge in [-0.3, -0.25) is 14.5 Å². The molecule has 5 nitrogen and oxygen atoms in total. The number of aryl methyl sites for hydroxylation is 1. The van der Waals surface area contributed by atoms with Crippen molar-refractivity contribution in [3.8, 4) is 5.75 Å². The maximum atomic E-state index is 12.4. The average molecular weight is 353 g/mol.